The molecule has 1 aliphatic rings. The Bertz CT molecular complexity index is 493. The first-order chi connectivity index (χ1) is 9.06. The molecular weight excluding hydrogens is 278 g/mol. The fourth-order valence-electron chi connectivity index (χ4n) is 2.26. The fraction of sp³-hybridized carbons (Fsp3) is 0.429. The van der Waals surface area contributed by atoms with Gasteiger partial charge in [-0.15, -0.1) is 12.4 Å². The second-order valence-electron chi connectivity index (χ2n) is 4.94. The number of carbonyl (C=O) groups excluding carboxylic acids is 2. The predicted molar refractivity (Wildman–Crippen MR) is 80.8 cm³/mol. The molecule has 5 nitrogen and oxygen atoms in total. The van der Waals surface area contributed by atoms with E-state index in [4.69, 9.17) is 5.73 Å². The van der Waals surface area contributed by atoms with Gasteiger partial charge in [-0.25, -0.2) is 0 Å². The number of nitrogens with one attached hydrogen (secondary N) is 1. The lowest BCUT2D eigenvalue weighted by atomic mass is 10.2. The maximum absolute atomic E-state index is 12.0. The Morgan fingerprint density at radius 2 is 2.25 bits per heavy atom. The van der Waals surface area contributed by atoms with E-state index < -0.39 is 0 Å². The number of carbonyl (C=O) groups is 2. The largest absolute Gasteiger partial charge is 0.399 e. The summed E-state index contributed by atoms with van der Waals surface area (Å²) in [6, 6.07) is 6.78. The van der Waals surface area contributed by atoms with Gasteiger partial charge in [0.1, 0.15) is 0 Å². The molecule has 1 fully saturated rings. The maximum atomic E-state index is 12.0. The fourth-order valence-corrected chi connectivity index (χ4v) is 2.26. The Labute approximate surface area is 124 Å². The Kier molecular flexibility index (Phi) is 5.82. The molecule has 0 saturated carbocycles. The van der Waals surface area contributed by atoms with Gasteiger partial charge in [-0.2, -0.15) is 0 Å². The van der Waals surface area contributed by atoms with Gasteiger partial charge in [-0.3, -0.25) is 9.59 Å². The maximum Gasteiger partial charge on any atom is 0.251 e. The first kappa shape index (κ1) is 16.3. The Hall–Kier alpha value is -1.75. The second-order valence-corrected chi connectivity index (χ2v) is 4.94. The van der Waals surface area contributed by atoms with Crippen LogP contribution in [0.1, 0.15) is 30.1 Å². The summed E-state index contributed by atoms with van der Waals surface area (Å²) in [6.07, 6.45) is 1.53. The summed E-state index contributed by atoms with van der Waals surface area (Å²) in [7, 11) is 0. The van der Waals surface area contributed by atoms with Gasteiger partial charge >= 0.3 is 0 Å². The monoisotopic (exact) mass is 297 g/mol. The van der Waals surface area contributed by atoms with Crippen molar-refractivity contribution in [3.8, 4) is 0 Å². The van der Waals surface area contributed by atoms with Gasteiger partial charge < -0.3 is 16.0 Å². The van der Waals surface area contributed by atoms with Crippen molar-refractivity contribution in [2.75, 3.05) is 18.8 Å². The van der Waals surface area contributed by atoms with E-state index in [1.807, 2.05) is 6.92 Å². The number of benzene rings is 1. The van der Waals surface area contributed by atoms with E-state index >= 15 is 0 Å². The van der Waals surface area contributed by atoms with E-state index in [-0.39, 0.29) is 30.3 Å². The van der Waals surface area contributed by atoms with Crippen molar-refractivity contribution >= 4 is 29.9 Å². The van der Waals surface area contributed by atoms with Crippen LogP contribution in [0.4, 0.5) is 5.69 Å². The normalized spacial score (nSPS) is 15.7. The molecule has 2 amide bonds. The number of hydrogen-bond acceptors (Lipinski definition) is 3. The summed E-state index contributed by atoms with van der Waals surface area (Å²) in [6.45, 7) is 3.25. The minimum Gasteiger partial charge on any atom is -0.399 e. The third kappa shape index (κ3) is 4.13. The molecule has 6 heteroatoms. The second kappa shape index (κ2) is 7.14. The van der Waals surface area contributed by atoms with Gasteiger partial charge in [-0.05, 0) is 31.5 Å². The number of anilines is 1. The lowest BCUT2D eigenvalue weighted by molar-refractivity contribution is -0.127. The van der Waals surface area contributed by atoms with Crippen LogP contribution in [-0.4, -0.2) is 35.8 Å². The average molecular weight is 298 g/mol. The van der Waals surface area contributed by atoms with Crippen LogP contribution < -0.4 is 11.1 Å². The quantitative estimate of drug-likeness (QED) is 0.826. The van der Waals surface area contributed by atoms with Gasteiger partial charge in [-0.1, -0.05) is 6.07 Å². The number of hydrogen-bond donors (Lipinski definition) is 2. The summed E-state index contributed by atoms with van der Waals surface area (Å²) >= 11 is 0. The predicted octanol–water partition coefficient (Wildman–Crippen LogP) is 1.43. The number of nitrogens with zero attached hydrogens (tertiary/aromatic N) is 1. The molecule has 1 aliphatic heterocycles. The summed E-state index contributed by atoms with van der Waals surface area (Å²) in [5, 5.41) is 2.88. The molecule has 0 aromatic heterocycles. The minimum atomic E-state index is -0.161. The summed E-state index contributed by atoms with van der Waals surface area (Å²) in [4.78, 5) is 25.3. The highest BCUT2D eigenvalue weighted by Gasteiger charge is 2.22. The van der Waals surface area contributed by atoms with Crippen molar-refractivity contribution < 1.29 is 9.59 Å². The lowest BCUT2D eigenvalue weighted by Crippen LogP contribution is -2.42. The Morgan fingerprint density at radius 1 is 1.50 bits per heavy atom. The van der Waals surface area contributed by atoms with Crippen molar-refractivity contribution in [3.63, 3.8) is 0 Å². The molecule has 110 valence electrons. The molecule has 1 saturated heterocycles. The molecular formula is C14H20ClN3O2. The molecule has 0 bridgehead atoms. The summed E-state index contributed by atoms with van der Waals surface area (Å²) in [5.41, 5.74) is 6.75. The standard InChI is InChI=1S/C14H19N3O2.ClH/c1-10(9-17-7-3-6-13(17)18)16-14(19)11-4-2-5-12(15)8-11;/h2,4-5,8,10H,3,6-7,9,15H2,1H3,(H,16,19);1H. The van der Waals surface area contributed by atoms with Crippen molar-refractivity contribution in [2.24, 2.45) is 0 Å². The topological polar surface area (TPSA) is 75.4 Å². The highest BCUT2D eigenvalue weighted by Crippen LogP contribution is 2.10. The van der Waals surface area contributed by atoms with Crippen molar-refractivity contribution in [1.29, 1.82) is 0 Å². The molecule has 3 N–H and O–H groups in total. The van der Waals surface area contributed by atoms with Crippen LogP contribution in [-0.2, 0) is 4.79 Å². The zero-order valence-corrected chi connectivity index (χ0v) is 12.3. The molecule has 0 radical (unpaired) electrons. The van der Waals surface area contributed by atoms with Gasteiger partial charge in [0.05, 0.1) is 0 Å². The van der Waals surface area contributed by atoms with Crippen LogP contribution in [0.15, 0.2) is 24.3 Å². The number of nitrogens with two attached hydrogens (primary N) is 1. The van der Waals surface area contributed by atoms with Crippen molar-refractivity contribution in [2.45, 2.75) is 25.8 Å². The number of halogens is 1. The van der Waals surface area contributed by atoms with E-state index in [2.05, 4.69) is 5.32 Å². The Morgan fingerprint density at radius 3 is 2.85 bits per heavy atom. The van der Waals surface area contributed by atoms with Gasteiger partial charge in [0, 0.05) is 36.8 Å². The molecule has 1 heterocycles. The van der Waals surface area contributed by atoms with Gasteiger partial charge in [0.2, 0.25) is 5.91 Å². The van der Waals surface area contributed by atoms with Crippen molar-refractivity contribution in [1.82, 2.24) is 10.2 Å². The molecule has 2 rings (SSSR count). The van der Waals surface area contributed by atoms with Crippen LogP contribution in [0.3, 0.4) is 0 Å². The first-order valence-electron chi connectivity index (χ1n) is 6.50. The number of likely N-dealkylation sites (tertiary alicyclic amines) is 1. The van der Waals surface area contributed by atoms with E-state index in [0.717, 1.165) is 13.0 Å². The third-order valence-electron chi connectivity index (χ3n) is 3.19. The van der Waals surface area contributed by atoms with Gasteiger partial charge in [0.25, 0.3) is 5.91 Å². The molecule has 0 aliphatic carbocycles. The molecule has 1 atom stereocenters. The van der Waals surface area contributed by atoms with Gasteiger partial charge in [0.15, 0.2) is 0 Å². The third-order valence-corrected chi connectivity index (χ3v) is 3.19. The van der Waals surface area contributed by atoms with E-state index in [9.17, 15) is 9.59 Å². The molecule has 1 unspecified atom stereocenters. The highest BCUT2D eigenvalue weighted by molar-refractivity contribution is 5.95. The SMILES string of the molecule is CC(CN1CCCC1=O)NC(=O)c1cccc(N)c1.Cl. The summed E-state index contributed by atoms with van der Waals surface area (Å²) in [5.74, 6) is 0.0106. The molecule has 0 spiro atoms. The van der Waals surface area contributed by atoms with Crippen LogP contribution in [0.25, 0.3) is 0 Å². The van der Waals surface area contributed by atoms with Crippen LogP contribution in [0, 0.1) is 0 Å². The van der Waals surface area contributed by atoms with Crippen LogP contribution in [0.5, 0.6) is 0 Å². The average Bonchev–Trinajstić information content (AvgIpc) is 2.75. The van der Waals surface area contributed by atoms with E-state index in [0.29, 0.717) is 24.2 Å². The van der Waals surface area contributed by atoms with Crippen LogP contribution >= 0.6 is 12.4 Å². The first-order valence-corrected chi connectivity index (χ1v) is 6.50. The van der Waals surface area contributed by atoms with Crippen LogP contribution in [0.2, 0.25) is 0 Å². The highest BCUT2D eigenvalue weighted by atomic mass is 35.5. The minimum absolute atomic E-state index is 0. The number of nitrogen functional groups attached to an aromatic ring is 1. The molecule has 1 aromatic rings. The summed E-state index contributed by atoms with van der Waals surface area (Å²) < 4.78 is 0. The molecule has 20 heavy (non-hydrogen) atoms. The number of rotatable bonds is 4. The zero-order chi connectivity index (χ0) is 13.8. The smallest absolute Gasteiger partial charge is 0.251 e. The lowest BCUT2D eigenvalue weighted by Gasteiger charge is -2.21. The van der Waals surface area contributed by atoms with E-state index in [1.54, 1.807) is 29.2 Å². The zero-order valence-electron chi connectivity index (χ0n) is 11.5. The van der Waals surface area contributed by atoms with Crippen molar-refractivity contribution in [3.05, 3.63) is 29.8 Å². The molecule has 1 aromatic carbocycles. The Balaban J connectivity index is 0.00000200. The van der Waals surface area contributed by atoms with E-state index in [1.165, 1.54) is 0 Å². The number of amides is 2.